The van der Waals surface area contributed by atoms with Gasteiger partial charge in [0.15, 0.2) is 0 Å². The molecule has 4 heteroatoms. The first kappa shape index (κ1) is 13.3. The van der Waals surface area contributed by atoms with E-state index >= 15 is 0 Å². The van der Waals surface area contributed by atoms with Gasteiger partial charge in [-0.1, -0.05) is 18.2 Å². The number of halogens is 2. The lowest BCUT2D eigenvalue weighted by Gasteiger charge is -2.10. The summed E-state index contributed by atoms with van der Waals surface area (Å²) in [4.78, 5) is 0. The number of rotatable bonds is 4. The van der Waals surface area contributed by atoms with Crippen LogP contribution in [0.2, 0.25) is 0 Å². The van der Waals surface area contributed by atoms with Crippen LogP contribution < -0.4 is 10.9 Å². The molecule has 0 aliphatic heterocycles. The molecule has 18 heavy (non-hydrogen) atoms. The molecule has 0 unspecified atom stereocenters. The highest BCUT2D eigenvalue weighted by Crippen LogP contribution is 2.17. The topological polar surface area (TPSA) is 24.1 Å². The molecule has 0 aliphatic carbocycles. The maximum Gasteiger partial charge on any atom is 0.127 e. The third-order valence-corrected chi connectivity index (χ3v) is 3.76. The van der Waals surface area contributed by atoms with Gasteiger partial charge in [0.2, 0.25) is 0 Å². The summed E-state index contributed by atoms with van der Waals surface area (Å²) >= 11 is 2.15. The lowest BCUT2D eigenvalue weighted by molar-refractivity contribution is 0.613. The van der Waals surface area contributed by atoms with Gasteiger partial charge in [-0.25, -0.2) is 9.82 Å². The zero-order chi connectivity index (χ0) is 13.0. The molecule has 2 rings (SSSR count). The minimum absolute atomic E-state index is 0.154. The monoisotopic (exact) mass is 356 g/mol. The maximum absolute atomic E-state index is 13.5. The highest BCUT2D eigenvalue weighted by molar-refractivity contribution is 14.1. The van der Waals surface area contributed by atoms with Crippen molar-refractivity contribution in [2.75, 3.05) is 5.43 Å². The Hall–Kier alpha value is -1.14. The molecule has 2 N–H and O–H groups in total. The van der Waals surface area contributed by atoms with Gasteiger partial charge in [-0.05, 0) is 64.9 Å². The first-order chi connectivity index (χ1) is 8.66. The van der Waals surface area contributed by atoms with E-state index in [0.29, 0.717) is 12.1 Å². The number of hydrogen-bond donors (Lipinski definition) is 2. The third-order valence-electron chi connectivity index (χ3n) is 2.64. The van der Waals surface area contributed by atoms with Crippen molar-refractivity contribution in [1.29, 1.82) is 0 Å². The summed E-state index contributed by atoms with van der Waals surface area (Å²) in [6.07, 6.45) is 0. The molecule has 2 aromatic carbocycles. The van der Waals surface area contributed by atoms with Gasteiger partial charge in [-0.15, -0.1) is 0 Å². The summed E-state index contributed by atoms with van der Waals surface area (Å²) < 4.78 is 14.5. The summed E-state index contributed by atoms with van der Waals surface area (Å²) in [6, 6.07) is 13.4. The van der Waals surface area contributed by atoms with E-state index < -0.39 is 0 Å². The Balaban J connectivity index is 1.95. The summed E-state index contributed by atoms with van der Waals surface area (Å²) in [5, 5.41) is 0. The van der Waals surface area contributed by atoms with E-state index in [0.717, 1.165) is 14.8 Å². The predicted molar refractivity (Wildman–Crippen MR) is 80.8 cm³/mol. The molecule has 0 aromatic heterocycles. The van der Waals surface area contributed by atoms with Crippen molar-refractivity contribution in [2.45, 2.75) is 13.5 Å². The van der Waals surface area contributed by atoms with Gasteiger partial charge in [0.1, 0.15) is 5.82 Å². The standard InChI is InChI=1S/C14H14FIN2/c1-10-13(15)7-11(8-14(10)16)9-17-18-12-5-3-2-4-6-12/h2-8,17-18H,9H2,1H3. The molecule has 0 saturated carbocycles. The van der Waals surface area contributed by atoms with Crippen LogP contribution in [-0.4, -0.2) is 0 Å². The number of hydrogen-bond acceptors (Lipinski definition) is 2. The van der Waals surface area contributed by atoms with Crippen LogP contribution in [-0.2, 0) is 6.54 Å². The molecular weight excluding hydrogens is 342 g/mol. The number of para-hydroxylation sites is 1. The molecule has 0 heterocycles. The largest absolute Gasteiger partial charge is 0.321 e. The third kappa shape index (κ3) is 3.43. The molecular formula is C14H14FIN2. The number of hydrazine groups is 1. The molecule has 2 aromatic rings. The lowest BCUT2D eigenvalue weighted by atomic mass is 10.1. The van der Waals surface area contributed by atoms with Crippen molar-refractivity contribution in [3.05, 3.63) is 63.0 Å². The highest BCUT2D eigenvalue weighted by Gasteiger charge is 2.04. The molecule has 94 valence electrons. The van der Waals surface area contributed by atoms with E-state index in [9.17, 15) is 4.39 Å². The maximum atomic E-state index is 13.5. The van der Waals surface area contributed by atoms with E-state index in [-0.39, 0.29) is 5.82 Å². The van der Waals surface area contributed by atoms with Crippen LogP contribution in [0.5, 0.6) is 0 Å². The number of anilines is 1. The fraction of sp³-hybridized carbons (Fsp3) is 0.143. The van der Waals surface area contributed by atoms with Gasteiger partial charge in [0.05, 0.1) is 0 Å². The van der Waals surface area contributed by atoms with Crippen LogP contribution in [0.4, 0.5) is 10.1 Å². The Labute approximate surface area is 120 Å². The van der Waals surface area contributed by atoms with E-state index in [1.807, 2.05) is 36.4 Å². The predicted octanol–water partition coefficient (Wildman–Crippen LogP) is 3.86. The Bertz CT molecular complexity index is 506. The van der Waals surface area contributed by atoms with Crippen LogP contribution >= 0.6 is 22.6 Å². The Kier molecular flexibility index (Phi) is 4.54. The molecule has 0 aliphatic rings. The number of benzene rings is 2. The fourth-order valence-corrected chi connectivity index (χ4v) is 2.23. The lowest BCUT2D eigenvalue weighted by Crippen LogP contribution is -2.21. The Morgan fingerprint density at radius 3 is 2.56 bits per heavy atom. The minimum atomic E-state index is -0.154. The van der Waals surface area contributed by atoms with Crippen molar-refractivity contribution >= 4 is 28.3 Å². The molecule has 2 nitrogen and oxygen atoms in total. The average molecular weight is 356 g/mol. The molecule has 0 bridgehead atoms. The smallest absolute Gasteiger partial charge is 0.127 e. The second-order valence-electron chi connectivity index (χ2n) is 4.03. The van der Waals surface area contributed by atoms with E-state index in [4.69, 9.17) is 0 Å². The Morgan fingerprint density at radius 2 is 1.89 bits per heavy atom. The van der Waals surface area contributed by atoms with Gasteiger partial charge in [-0.3, -0.25) is 0 Å². The zero-order valence-electron chi connectivity index (χ0n) is 10.0. The molecule has 0 saturated heterocycles. The van der Waals surface area contributed by atoms with Crippen molar-refractivity contribution in [1.82, 2.24) is 5.43 Å². The van der Waals surface area contributed by atoms with Gasteiger partial charge in [0.25, 0.3) is 0 Å². The SMILES string of the molecule is Cc1c(F)cc(CNNc2ccccc2)cc1I. The summed E-state index contributed by atoms with van der Waals surface area (Å²) in [5.41, 5.74) is 8.76. The molecule has 0 spiro atoms. The van der Waals surface area contributed by atoms with Gasteiger partial charge in [-0.2, -0.15) is 0 Å². The van der Waals surface area contributed by atoms with Crippen molar-refractivity contribution in [2.24, 2.45) is 0 Å². The fourth-order valence-electron chi connectivity index (χ4n) is 1.57. The molecule has 0 radical (unpaired) electrons. The normalized spacial score (nSPS) is 10.4. The molecule has 0 fully saturated rings. The van der Waals surface area contributed by atoms with Gasteiger partial charge in [0, 0.05) is 15.8 Å². The van der Waals surface area contributed by atoms with Gasteiger partial charge >= 0.3 is 0 Å². The summed E-state index contributed by atoms with van der Waals surface area (Å²) in [5.74, 6) is -0.154. The van der Waals surface area contributed by atoms with Crippen LogP contribution in [0.3, 0.4) is 0 Å². The molecule has 0 amide bonds. The minimum Gasteiger partial charge on any atom is -0.321 e. The summed E-state index contributed by atoms with van der Waals surface area (Å²) in [6.45, 7) is 2.36. The van der Waals surface area contributed by atoms with Crippen molar-refractivity contribution in [3.8, 4) is 0 Å². The van der Waals surface area contributed by atoms with E-state index in [1.165, 1.54) is 0 Å². The second kappa shape index (κ2) is 6.15. The summed E-state index contributed by atoms with van der Waals surface area (Å²) in [7, 11) is 0. The van der Waals surface area contributed by atoms with Crippen LogP contribution in [0.15, 0.2) is 42.5 Å². The molecule has 0 atom stereocenters. The first-order valence-corrected chi connectivity index (χ1v) is 6.73. The van der Waals surface area contributed by atoms with E-state index in [1.54, 1.807) is 13.0 Å². The quantitative estimate of drug-likeness (QED) is 0.642. The van der Waals surface area contributed by atoms with Crippen LogP contribution in [0.25, 0.3) is 0 Å². The van der Waals surface area contributed by atoms with Crippen LogP contribution in [0.1, 0.15) is 11.1 Å². The average Bonchev–Trinajstić information content (AvgIpc) is 2.37. The highest BCUT2D eigenvalue weighted by atomic mass is 127. The van der Waals surface area contributed by atoms with Crippen molar-refractivity contribution in [3.63, 3.8) is 0 Å². The second-order valence-corrected chi connectivity index (χ2v) is 5.19. The first-order valence-electron chi connectivity index (χ1n) is 5.65. The van der Waals surface area contributed by atoms with Crippen molar-refractivity contribution < 1.29 is 4.39 Å². The van der Waals surface area contributed by atoms with Crippen LogP contribution in [0, 0.1) is 16.3 Å². The number of nitrogens with one attached hydrogen (secondary N) is 2. The zero-order valence-corrected chi connectivity index (χ0v) is 12.2. The Morgan fingerprint density at radius 1 is 1.17 bits per heavy atom. The van der Waals surface area contributed by atoms with E-state index in [2.05, 4.69) is 33.4 Å². The van der Waals surface area contributed by atoms with Gasteiger partial charge < -0.3 is 5.43 Å².